The smallest absolute Gasteiger partial charge is 0.345 e. The topological polar surface area (TPSA) is 190 Å². The van der Waals surface area contributed by atoms with Crippen molar-refractivity contribution in [3.63, 3.8) is 0 Å². The van der Waals surface area contributed by atoms with Crippen molar-refractivity contribution in [2.45, 2.75) is 31.4 Å². The molecule has 276 valence electrons. The highest BCUT2D eigenvalue weighted by molar-refractivity contribution is 5.94. The van der Waals surface area contributed by atoms with E-state index in [1.165, 1.54) is 25.3 Å². The van der Waals surface area contributed by atoms with E-state index in [0.29, 0.717) is 34.6 Å². The average Bonchev–Trinajstić information content (AvgIpc) is 3.19. The van der Waals surface area contributed by atoms with Crippen LogP contribution in [0.25, 0.3) is 10.9 Å². The maximum atomic E-state index is 13.0. The van der Waals surface area contributed by atoms with E-state index >= 15 is 0 Å². The minimum Gasteiger partial charge on any atom is -0.506 e. The molecule has 54 heavy (non-hydrogen) atoms. The van der Waals surface area contributed by atoms with Gasteiger partial charge >= 0.3 is 5.97 Å². The van der Waals surface area contributed by atoms with Gasteiger partial charge in [0.15, 0.2) is 0 Å². The number of amides is 1. The summed E-state index contributed by atoms with van der Waals surface area (Å²) in [5.41, 5.74) is 1.52. The van der Waals surface area contributed by atoms with Crippen molar-refractivity contribution in [3.8, 4) is 17.2 Å². The first-order valence-electron chi connectivity index (χ1n) is 17.1. The number of nitrogens with one attached hydrogen (secondary N) is 3. The molecule has 0 aliphatic heterocycles. The molecule has 0 unspecified atom stereocenters. The predicted octanol–water partition coefficient (Wildman–Crippen LogP) is 4.90. The first-order chi connectivity index (χ1) is 26.1. The second-order valence-electron chi connectivity index (χ2n) is 12.7. The molecule has 0 spiro atoms. The van der Waals surface area contributed by atoms with E-state index in [-0.39, 0.29) is 53.6 Å². The number of aliphatic carboxylic acids is 1. The van der Waals surface area contributed by atoms with Crippen molar-refractivity contribution in [2.24, 2.45) is 0 Å². The Bertz CT molecular complexity index is 2330. The number of phenolic OH excluding ortho intramolecular Hbond substituents is 1. The molecule has 0 saturated heterocycles. The largest absolute Gasteiger partial charge is 0.506 e. The van der Waals surface area contributed by atoms with Gasteiger partial charge in [0.25, 0.3) is 5.91 Å². The Balaban J connectivity index is 1.01. The van der Waals surface area contributed by atoms with Crippen LogP contribution in [-0.4, -0.2) is 50.9 Å². The second kappa shape index (κ2) is 16.5. The Morgan fingerprint density at radius 1 is 0.833 bits per heavy atom. The van der Waals surface area contributed by atoms with Gasteiger partial charge < -0.3 is 45.5 Å². The van der Waals surface area contributed by atoms with Crippen LogP contribution in [0.15, 0.2) is 126 Å². The third-order valence-corrected chi connectivity index (χ3v) is 9.10. The number of H-pyrrole nitrogens is 1. The number of rotatable bonds is 15. The van der Waals surface area contributed by atoms with Crippen LogP contribution in [0, 0.1) is 0 Å². The van der Waals surface area contributed by atoms with Crippen molar-refractivity contribution in [1.82, 2.24) is 15.6 Å². The molecule has 12 heteroatoms. The number of hydrogen-bond acceptors (Lipinski definition) is 9. The normalized spacial score (nSPS) is 12.8. The summed E-state index contributed by atoms with van der Waals surface area (Å²) in [5, 5.41) is 48.7. The Morgan fingerprint density at radius 2 is 1.57 bits per heavy atom. The number of hydrogen-bond donors (Lipinski definition) is 7. The number of ether oxygens (including phenoxy) is 2. The fourth-order valence-electron chi connectivity index (χ4n) is 6.14. The number of carboxylic acids is 1. The number of aliphatic hydroxyl groups excluding tert-OH is 1. The van der Waals surface area contributed by atoms with Crippen molar-refractivity contribution >= 4 is 22.8 Å². The van der Waals surface area contributed by atoms with Crippen LogP contribution in [0.5, 0.6) is 17.2 Å². The van der Waals surface area contributed by atoms with E-state index in [9.17, 15) is 34.8 Å². The summed E-state index contributed by atoms with van der Waals surface area (Å²) in [6.07, 6.45) is -0.928. The van der Waals surface area contributed by atoms with E-state index in [0.717, 1.165) is 16.7 Å². The minimum atomic E-state index is -2.24. The first kappa shape index (κ1) is 37.3. The highest BCUT2D eigenvalue weighted by Crippen LogP contribution is 2.33. The molecule has 0 aliphatic carbocycles. The monoisotopic (exact) mass is 729 g/mol. The first-order valence-corrected chi connectivity index (χ1v) is 17.1. The molecule has 0 saturated carbocycles. The Hall–Kier alpha value is -6.47. The third-order valence-electron chi connectivity index (χ3n) is 9.10. The highest BCUT2D eigenvalue weighted by atomic mass is 16.5. The van der Waals surface area contributed by atoms with Crippen LogP contribution < -0.4 is 25.7 Å². The van der Waals surface area contributed by atoms with Crippen molar-refractivity contribution in [2.75, 3.05) is 13.7 Å². The summed E-state index contributed by atoms with van der Waals surface area (Å²) in [5.74, 6) is -0.865. The maximum Gasteiger partial charge on any atom is 0.345 e. The standard InChI is InChI=1S/C42H39N3O9/c1-53-37-20-28(14-15-29(37)23-43-24-36(47)33-16-18-35(46)39-34(33)17-19-38(48)45-39)40(49)44-22-26-10-12-27(13-11-26)25-54-32-9-5-8-31(21-32)42(52,41(50)51)30-6-3-2-4-7-30/h2-21,36,43,46-47,52H,22-25H2,1H3,(H,44,49)(H,45,48)(H,50,51)/t36-,42-/m0/s1. The molecule has 2 atom stereocenters. The van der Waals surface area contributed by atoms with Gasteiger partial charge in [-0.25, -0.2) is 4.79 Å². The second-order valence-corrected chi connectivity index (χ2v) is 12.7. The van der Waals surface area contributed by atoms with Gasteiger partial charge in [0, 0.05) is 47.8 Å². The molecule has 0 radical (unpaired) electrons. The molecule has 7 N–H and O–H groups in total. The van der Waals surface area contributed by atoms with Gasteiger partial charge in [0.1, 0.15) is 23.9 Å². The molecule has 1 amide bonds. The SMILES string of the molecule is COc1cc(C(=O)NCc2ccc(COc3cccc([C@](O)(C(=O)O)c4ccccc4)c3)cc2)ccc1CNC[C@H](O)c1ccc(O)c2[nH]c(=O)ccc12. The zero-order valence-electron chi connectivity index (χ0n) is 29.3. The lowest BCUT2D eigenvalue weighted by Crippen LogP contribution is -2.36. The summed E-state index contributed by atoms with van der Waals surface area (Å²) >= 11 is 0. The van der Waals surface area contributed by atoms with Gasteiger partial charge in [0.2, 0.25) is 11.2 Å². The number of carboxylic acid groups (broad SMARTS) is 1. The van der Waals surface area contributed by atoms with Crippen LogP contribution in [0.2, 0.25) is 0 Å². The molecular weight excluding hydrogens is 690 g/mol. The molecule has 1 heterocycles. The lowest BCUT2D eigenvalue weighted by atomic mass is 9.86. The maximum absolute atomic E-state index is 13.0. The summed E-state index contributed by atoms with van der Waals surface area (Å²) in [6.45, 7) is 0.990. The van der Waals surface area contributed by atoms with E-state index in [1.54, 1.807) is 78.9 Å². The number of carbonyl (C=O) groups is 2. The molecule has 12 nitrogen and oxygen atoms in total. The Labute approximate surface area is 310 Å². The quantitative estimate of drug-likeness (QED) is 0.0766. The lowest BCUT2D eigenvalue weighted by molar-refractivity contribution is -0.155. The zero-order chi connectivity index (χ0) is 38.2. The Kier molecular flexibility index (Phi) is 11.4. The van der Waals surface area contributed by atoms with Crippen LogP contribution >= 0.6 is 0 Å². The molecule has 6 aromatic rings. The number of methoxy groups -OCH3 is 1. The van der Waals surface area contributed by atoms with Gasteiger partial charge in [-0.2, -0.15) is 0 Å². The molecule has 0 aliphatic rings. The van der Waals surface area contributed by atoms with E-state index in [4.69, 9.17) is 9.47 Å². The summed E-state index contributed by atoms with van der Waals surface area (Å²) in [4.78, 5) is 39.5. The van der Waals surface area contributed by atoms with Gasteiger partial charge in [-0.3, -0.25) is 9.59 Å². The van der Waals surface area contributed by atoms with Crippen molar-refractivity contribution in [1.29, 1.82) is 0 Å². The van der Waals surface area contributed by atoms with E-state index in [2.05, 4.69) is 15.6 Å². The highest BCUT2D eigenvalue weighted by Gasteiger charge is 2.40. The van der Waals surface area contributed by atoms with Crippen LogP contribution in [0.4, 0.5) is 0 Å². The third kappa shape index (κ3) is 8.26. The average molecular weight is 730 g/mol. The number of benzene rings is 5. The molecule has 6 rings (SSSR count). The number of pyridine rings is 1. The fourth-order valence-corrected chi connectivity index (χ4v) is 6.14. The van der Waals surface area contributed by atoms with Gasteiger partial charge in [-0.1, -0.05) is 78.9 Å². The molecular formula is C42H39N3O9. The number of fused-ring (bicyclic) bond motifs is 1. The van der Waals surface area contributed by atoms with Gasteiger partial charge in [0.05, 0.1) is 18.7 Å². The van der Waals surface area contributed by atoms with Crippen molar-refractivity contribution < 1.29 is 39.5 Å². The van der Waals surface area contributed by atoms with Gasteiger partial charge in [-0.05, 0) is 58.7 Å². The van der Waals surface area contributed by atoms with Crippen LogP contribution in [-0.2, 0) is 30.1 Å². The number of aromatic hydroxyl groups is 1. The number of carbonyl (C=O) groups excluding carboxylic acids is 1. The number of aromatic nitrogens is 1. The molecule has 1 aromatic heterocycles. The summed E-state index contributed by atoms with van der Waals surface area (Å²) in [7, 11) is 1.52. The molecule has 0 bridgehead atoms. The number of phenols is 1. The summed E-state index contributed by atoms with van der Waals surface area (Å²) in [6, 6.07) is 33.1. The van der Waals surface area contributed by atoms with Gasteiger partial charge in [-0.15, -0.1) is 0 Å². The van der Waals surface area contributed by atoms with E-state index in [1.807, 2.05) is 24.3 Å². The number of aliphatic hydroxyl groups is 2. The van der Waals surface area contributed by atoms with Crippen molar-refractivity contribution in [3.05, 3.63) is 171 Å². The Morgan fingerprint density at radius 3 is 2.31 bits per heavy atom. The lowest BCUT2D eigenvalue weighted by Gasteiger charge is -2.25. The zero-order valence-corrected chi connectivity index (χ0v) is 29.3. The molecule has 5 aromatic carbocycles. The fraction of sp³-hybridized carbons (Fsp3) is 0.167. The number of aromatic amines is 1. The van der Waals surface area contributed by atoms with Crippen LogP contribution in [0.1, 0.15) is 49.8 Å². The molecule has 0 fully saturated rings. The van der Waals surface area contributed by atoms with E-state index < -0.39 is 17.7 Å². The van der Waals surface area contributed by atoms with Crippen LogP contribution in [0.3, 0.4) is 0 Å². The summed E-state index contributed by atoms with van der Waals surface area (Å²) < 4.78 is 11.5. The predicted molar refractivity (Wildman–Crippen MR) is 201 cm³/mol. The minimum absolute atomic E-state index is 0.0826.